The van der Waals surface area contributed by atoms with Crippen molar-refractivity contribution >= 4 is 5.91 Å². The van der Waals surface area contributed by atoms with Gasteiger partial charge in [0.15, 0.2) is 5.69 Å². The number of hydrogen-bond acceptors (Lipinski definition) is 4. The standard InChI is InChI=1S/C16H22N6O/c23-16(21-7-1-2-8-21)14-10-13-11-20(6-3-9-22(13)19-14)12-15-17-4-5-18-15/h4-5,10H,1-3,6-9,11-12H2,(H,17,18). The molecule has 0 spiro atoms. The zero-order valence-electron chi connectivity index (χ0n) is 13.2. The normalized spacial score (nSPS) is 18.9. The molecule has 2 aromatic rings. The first-order valence-electron chi connectivity index (χ1n) is 8.36. The molecule has 2 aromatic heterocycles. The summed E-state index contributed by atoms with van der Waals surface area (Å²) >= 11 is 0. The molecule has 2 aliphatic rings. The molecule has 1 amide bonds. The van der Waals surface area contributed by atoms with E-state index in [1.807, 2.05) is 21.8 Å². The van der Waals surface area contributed by atoms with Gasteiger partial charge in [-0.2, -0.15) is 5.10 Å². The summed E-state index contributed by atoms with van der Waals surface area (Å²) in [6, 6.07) is 1.97. The number of aryl methyl sites for hydroxylation is 1. The van der Waals surface area contributed by atoms with Gasteiger partial charge in [0.25, 0.3) is 5.91 Å². The highest BCUT2D eigenvalue weighted by atomic mass is 16.2. The predicted molar refractivity (Wildman–Crippen MR) is 84.7 cm³/mol. The van der Waals surface area contributed by atoms with Crippen LogP contribution in [0.25, 0.3) is 0 Å². The largest absolute Gasteiger partial charge is 0.348 e. The van der Waals surface area contributed by atoms with Crippen LogP contribution in [0, 0.1) is 0 Å². The Bertz CT molecular complexity index is 671. The van der Waals surface area contributed by atoms with Crippen molar-refractivity contribution in [1.29, 1.82) is 0 Å². The highest BCUT2D eigenvalue weighted by molar-refractivity contribution is 5.92. The number of carbonyl (C=O) groups excluding carboxylic acids is 1. The number of carbonyl (C=O) groups is 1. The second kappa shape index (κ2) is 6.16. The summed E-state index contributed by atoms with van der Waals surface area (Å²) < 4.78 is 2.01. The third-order valence-corrected chi connectivity index (χ3v) is 4.63. The first kappa shape index (κ1) is 14.4. The average molecular weight is 314 g/mol. The minimum atomic E-state index is 0.0839. The van der Waals surface area contributed by atoms with E-state index in [4.69, 9.17) is 0 Å². The Morgan fingerprint density at radius 2 is 2.04 bits per heavy atom. The Morgan fingerprint density at radius 3 is 2.83 bits per heavy atom. The van der Waals surface area contributed by atoms with E-state index in [-0.39, 0.29) is 5.91 Å². The molecule has 0 radical (unpaired) electrons. The fraction of sp³-hybridized carbons (Fsp3) is 0.562. The van der Waals surface area contributed by atoms with Crippen molar-refractivity contribution < 1.29 is 4.79 Å². The van der Waals surface area contributed by atoms with Crippen LogP contribution < -0.4 is 0 Å². The van der Waals surface area contributed by atoms with Crippen molar-refractivity contribution in [1.82, 2.24) is 29.5 Å². The number of hydrogen-bond donors (Lipinski definition) is 1. The van der Waals surface area contributed by atoms with Crippen molar-refractivity contribution in [2.45, 2.75) is 38.9 Å². The molecule has 0 aromatic carbocycles. The van der Waals surface area contributed by atoms with E-state index in [1.165, 1.54) is 0 Å². The number of nitrogens with one attached hydrogen (secondary N) is 1. The van der Waals surface area contributed by atoms with Gasteiger partial charge in [0, 0.05) is 45.1 Å². The Morgan fingerprint density at radius 1 is 1.17 bits per heavy atom. The van der Waals surface area contributed by atoms with Crippen LogP contribution >= 0.6 is 0 Å². The van der Waals surface area contributed by atoms with E-state index >= 15 is 0 Å². The summed E-state index contributed by atoms with van der Waals surface area (Å²) in [5.41, 5.74) is 1.72. The van der Waals surface area contributed by atoms with Crippen molar-refractivity contribution in [2.24, 2.45) is 0 Å². The lowest BCUT2D eigenvalue weighted by Crippen LogP contribution is -2.28. The van der Waals surface area contributed by atoms with Gasteiger partial charge in [-0.15, -0.1) is 0 Å². The third-order valence-electron chi connectivity index (χ3n) is 4.63. The van der Waals surface area contributed by atoms with E-state index in [0.29, 0.717) is 5.69 Å². The van der Waals surface area contributed by atoms with Crippen LogP contribution in [0.15, 0.2) is 18.5 Å². The molecule has 1 N–H and O–H groups in total. The van der Waals surface area contributed by atoms with Gasteiger partial charge in [-0.1, -0.05) is 0 Å². The van der Waals surface area contributed by atoms with Gasteiger partial charge in [-0.3, -0.25) is 14.4 Å². The lowest BCUT2D eigenvalue weighted by molar-refractivity contribution is 0.0786. The summed E-state index contributed by atoms with van der Waals surface area (Å²) in [7, 11) is 0. The van der Waals surface area contributed by atoms with Crippen LogP contribution in [0.1, 0.15) is 41.3 Å². The maximum atomic E-state index is 12.5. The number of aromatic nitrogens is 4. The lowest BCUT2D eigenvalue weighted by Gasteiger charge is -2.17. The Hall–Kier alpha value is -2.15. The maximum Gasteiger partial charge on any atom is 0.274 e. The summed E-state index contributed by atoms with van der Waals surface area (Å²) in [5.74, 6) is 1.06. The van der Waals surface area contributed by atoms with Crippen LogP contribution in [-0.2, 0) is 19.6 Å². The number of rotatable bonds is 3. The molecular weight excluding hydrogens is 292 g/mol. The minimum Gasteiger partial charge on any atom is -0.348 e. The lowest BCUT2D eigenvalue weighted by atomic mass is 10.3. The van der Waals surface area contributed by atoms with Gasteiger partial charge < -0.3 is 9.88 Å². The van der Waals surface area contributed by atoms with E-state index < -0.39 is 0 Å². The number of imidazole rings is 1. The predicted octanol–water partition coefficient (Wildman–Crippen LogP) is 1.25. The zero-order valence-corrected chi connectivity index (χ0v) is 13.2. The molecule has 122 valence electrons. The van der Waals surface area contributed by atoms with Gasteiger partial charge in [-0.25, -0.2) is 4.98 Å². The van der Waals surface area contributed by atoms with Gasteiger partial charge in [0.2, 0.25) is 0 Å². The van der Waals surface area contributed by atoms with Crippen molar-refractivity contribution in [3.05, 3.63) is 35.7 Å². The van der Waals surface area contributed by atoms with Gasteiger partial charge in [-0.05, 0) is 25.3 Å². The van der Waals surface area contributed by atoms with Crippen LogP contribution in [0.3, 0.4) is 0 Å². The molecule has 2 aliphatic heterocycles. The summed E-state index contributed by atoms with van der Waals surface area (Å²) in [6.07, 6.45) is 6.88. The minimum absolute atomic E-state index is 0.0839. The first-order valence-corrected chi connectivity index (χ1v) is 8.36. The highest BCUT2D eigenvalue weighted by Crippen LogP contribution is 2.18. The van der Waals surface area contributed by atoms with Gasteiger partial charge in [0.1, 0.15) is 5.82 Å². The second-order valence-corrected chi connectivity index (χ2v) is 6.34. The highest BCUT2D eigenvalue weighted by Gasteiger charge is 2.24. The van der Waals surface area contributed by atoms with Gasteiger partial charge >= 0.3 is 0 Å². The van der Waals surface area contributed by atoms with E-state index in [1.54, 1.807) is 6.20 Å². The number of fused-ring (bicyclic) bond motifs is 1. The number of likely N-dealkylation sites (tertiary alicyclic amines) is 1. The third kappa shape index (κ3) is 3.01. The van der Waals surface area contributed by atoms with E-state index in [9.17, 15) is 4.79 Å². The molecule has 4 heterocycles. The molecule has 1 saturated heterocycles. The van der Waals surface area contributed by atoms with Crippen molar-refractivity contribution in [3.63, 3.8) is 0 Å². The number of nitrogens with zero attached hydrogens (tertiary/aromatic N) is 5. The molecule has 0 aliphatic carbocycles. The summed E-state index contributed by atoms with van der Waals surface area (Å²) in [5, 5.41) is 4.56. The number of aromatic amines is 1. The molecule has 1 fully saturated rings. The maximum absolute atomic E-state index is 12.5. The van der Waals surface area contributed by atoms with Crippen LogP contribution in [0.4, 0.5) is 0 Å². The van der Waals surface area contributed by atoms with Crippen LogP contribution in [-0.4, -0.2) is 55.1 Å². The Balaban J connectivity index is 1.50. The second-order valence-electron chi connectivity index (χ2n) is 6.34. The van der Waals surface area contributed by atoms with E-state index in [2.05, 4.69) is 20.0 Å². The summed E-state index contributed by atoms with van der Waals surface area (Å²) in [4.78, 5) is 24.2. The SMILES string of the molecule is O=C(c1cc2n(n1)CCCN(Cc1ncc[nH]1)C2)N1CCCC1. The molecule has 0 atom stereocenters. The van der Waals surface area contributed by atoms with Crippen LogP contribution in [0.5, 0.6) is 0 Å². The molecular formula is C16H22N6O. The smallest absolute Gasteiger partial charge is 0.274 e. The molecule has 7 heteroatoms. The fourth-order valence-corrected chi connectivity index (χ4v) is 3.45. The van der Waals surface area contributed by atoms with Crippen molar-refractivity contribution in [3.8, 4) is 0 Å². The first-order chi connectivity index (χ1) is 11.3. The number of amides is 1. The molecule has 0 unspecified atom stereocenters. The van der Waals surface area contributed by atoms with Crippen molar-refractivity contribution in [2.75, 3.05) is 19.6 Å². The Labute approximate surface area is 135 Å². The number of H-pyrrole nitrogens is 1. The Kier molecular flexibility index (Phi) is 3.87. The fourth-order valence-electron chi connectivity index (χ4n) is 3.45. The van der Waals surface area contributed by atoms with Crippen LogP contribution in [0.2, 0.25) is 0 Å². The molecule has 23 heavy (non-hydrogen) atoms. The van der Waals surface area contributed by atoms with E-state index in [0.717, 1.165) is 70.0 Å². The molecule has 0 saturated carbocycles. The molecule has 7 nitrogen and oxygen atoms in total. The average Bonchev–Trinajstić information content (AvgIpc) is 3.28. The molecule has 4 rings (SSSR count). The molecule has 0 bridgehead atoms. The quantitative estimate of drug-likeness (QED) is 0.925. The summed E-state index contributed by atoms with van der Waals surface area (Å²) in [6.45, 7) is 5.22. The zero-order chi connectivity index (χ0) is 15.6. The van der Waals surface area contributed by atoms with Gasteiger partial charge in [0.05, 0.1) is 12.2 Å². The monoisotopic (exact) mass is 314 g/mol. The topological polar surface area (TPSA) is 70.0 Å².